The number of phenols is 1. The molecule has 0 unspecified atom stereocenters. The number of nitrogens with one attached hydrogen (secondary N) is 1. The van der Waals surface area contributed by atoms with Crippen LogP contribution in [0.4, 0.5) is 0 Å². The fourth-order valence-corrected chi connectivity index (χ4v) is 2.38. The largest absolute Gasteiger partial charge is 0.508 e. The van der Waals surface area contributed by atoms with Crippen LogP contribution in [0.25, 0.3) is 0 Å². The quantitative estimate of drug-likeness (QED) is 0.445. The van der Waals surface area contributed by atoms with Gasteiger partial charge in [0.25, 0.3) is 0 Å². The van der Waals surface area contributed by atoms with E-state index in [0.29, 0.717) is 13.0 Å². The Kier molecular flexibility index (Phi) is 9.84. The van der Waals surface area contributed by atoms with Gasteiger partial charge >= 0.3 is 0 Å². The SMILES string of the molecule is C=CCCCCCCCCC(=O)NCCc1ccc(O)cc1. The van der Waals surface area contributed by atoms with E-state index >= 15 is 0 Å². The van der Waals surface area contributed by atoms with Gasteiger partial charge in [0.1, 0.15) is 5.75 Å². The highest BCUT2D eigenvalue weighted by molar-refractivity contribution is 5.75. The topological polar surface area (TPSA) is 49.3 Å². The van der Waals surface area contributed by atoms with Crippen LogP contribution in [0.1, 0.15) is 56.9 Å². The zero-order valence-electron chi connectivity index (χ0n) is 13.5. The summed E-state index contributed by atoms with van der Waals surface area (Å²) in [6, 6.07) is 7.11. The minimum Gasteiger partial charge on any atom is -0.508 e. The van der Waals surface area contributed by atoms with Gasteiger partial charge in [-0.05, 0) is 43.4 Å². The molecule has 0 bridgehead atoms. The number of hydrogen-bond donors (Lipinski definition) is 2. The Bertz CT molecular complexity index is 426. The fourth-order valence-electron chi connectivity index (χ4n) is 2.38. The summed E-state index contributed by atoms with van der Waals surface area (Å²) in [4.78, 5) is 11.7. The van der Waals surface area contributed by atoms with Gasteiger partial charge in [-0.25, -0.2) is 0 Å². The molecule has 0 atom stereocenters. The maximum atomic E-state index is 11.7. The van der Waals surface area contributed by atoms with Crippen molar-refractivity contribution >= 4 is 5.91 Å². The highest BCUT2D eigenvalue weighted by atomic mass is 16.3. The first-order chi connectivity index (χ1) is 10.7. The van der Waals surface area contributed by atoms with Crippen molar-refractivity contribution in [3.63, 3.8) is 0 Å². The highest BCUT2D eigenvalue weighted by Gasteiger charge is 2.01. The Balaban J connectivity index is 1.95. The highest BCUT2D eigenvalue weighted by Crippen LogP contribution is 2.10. The zero-order valence-corrected chi connectivity index (χ0v) is 13.5. The van der Waals surface area contributed by atoms with Gasteiger partial charge in [0, 0.05) is 13.0 Å². The fraction of sp³-hybridized carbons (Fsp3) is 0.526. The zero-order chi connectivity index (χ0) is 16.0. The molecule has 0 saturated carbocycles. The lowest BCUT2D eigenvalue weighted by Gasteiger charge is -2.06. The molecular formula is C19H29NO2. The molecule has 0 radical (unpaired) electrons. The van der Waals surface area contributed by atoms with Gasteiger partial charge in [0.2, 0.25) is 5.91 Å². The van der Waals surface area contributed by atoms with E-state index in [-0.39, 0.29) is 11.7 Å². The molecule has 1 rings (SSSR count). The van der Waals surface area contributed by atoms with E-state index in [4.69, 9.17) is 0 Å². The van der Waals surface area contributed by atoms with Crippen molar-refractivity contribution in [1.82, 2.24) is 5.32 Å². The summed E-state index contributed by atoms with van der Waals surface area (Å²) in [5.74, 6) is 0.419. The molecule has 3 nitrogen and oxygen atoms in total. The number of phenolic OH excluding ortho intramolecular Hbond substituents is 1. The Morgan fingerprint density at radius 1 is 1.05 bits per heavy atom. The summed E-state index contributed by atoms with van der Waals surface area (Å²) in [5, 5.41) is 12.1. The normalized spacial score (nSPS) is 10.4. The summed E-state index contributed by atoms with van der Waals surface area (Å²) < 4.78 is 0. The lowest BCUT2D eigenvalue weighted by atomic mass is 10.1. The lowest BCUT2D eigenvalue weighted by Crippen LogP contribution is -2.25. The number of carbonyl (C=O) groups is 1. The standard InChI is InChI=1S/C19H29NO2/c1-2-3-4-5-6-7-8-9-10-19(22)20-16-15-17-11-13-18(21)14-12-17/h2,11-14,21H,1,3-10,15-16H2,(H,20,22). The number of amides is 1. The molecule has 2 N–H and O–H groups in total. The van der Waals surface area contributed by atoms with Crippen LogP contribution in [0.3, 0.4) is 0 Å². The van der Waals surface area contributed by atoms with Gasteiger partial charge in [0.15, 0.2) is 0 Å². The first-order valence-electron chi connectivity index (χ1n) is 8.38. The van der Waals surface area contributed by atoms with Gasteiger partial charge in [-0.15, -0.1) is 6.58 Å². The van der Waals surface area contributed by atoms with Crippen LogP contribution in [0, 0.1) is 0 Å². The van der Waals surface area contributed by atoms with Gasteiger partial charge in [-0.3, -0.25) is 4.79 Å². The third kappa shape index (κ3) is 9.22. The second-order valence-electron chi connectivity index (χ2n) is 5.72. The van der Waals surface area contributed by atoms with E-state index in [2.05, 4.69) is 11.9 Å². The molecule has 0 spiro atoms. The van der Waals surface area contributed by atoms with Crippen LogP contribution < -0.4 is 5.32 Å². The van der Waals surface area contributed by atoms with Crippen molar-refractivity contribution in [3.8, 4) is 5.75 Å². The number of unbranched alkanes of at least 4 members (excludes halogenated alkanes) is 6. The van der Waals surface area contributed by atoms with Crippen LogP contribution in [0.2, 0.25) is 0 Å². The Labute approximate surface area is 134 Å². The molecule has 0 aliphatic rings. The van der Waals surface area contributed by atoms with E-state index < -0.39 is 0 Å². The number of carbonyl (C=O) groups excluding carboxylic acids is 1. The monoisotopic (exact) mass is 303 g/mol. The summed E-state index contributed by atoms with van der Waals surface area (Å²) in [5.41, 5.74) is 1.12. The molecular weight excluding hydrogens is 274 g/mol. The Morgan fingerprint density at radius 3 is 2.36 bits per heavy atom. The van der Waals surface area contributed by atoms with Crippen molar-refractivity contribution in [1.29, 1.82) is 0 Å². The average Bonchev–Trinajstić information content (AvgIpc) is 2.52. The maximum absolute atomic E-state index is 11.7. The molecule has 0 saturated heterocycles. The predicted octanol–water partition coefficient (Wildman–Crippen LogP) is 4.36. The summed E-state index contributed by atoms with van der Waals surface area (Å²) in [7, 11) is 0. The van der Waals surface area contributed by atoms with Crippen LogP contribution >= 0.6 is 0 Å². The summed E-state index contributed by atoms with van der Waals surface area (Å²) in [6.45, 7) is 4.38. The number of hydrogen-bond acceptors (Lipinski definition) is 2. The van der Waals surface area contributed by atoms with Crippen LogP contribution in [0.15, 0.2) is 36.9 Å². The molecule has 22 heavy (non-hydrogen) atoms. The van der Waals surface area contributed by atoms with Gasteiger partial charge in [-0.2, -0.15) is 0 Å². The van der Waals surface area contributed by atoms with E-state index in [9.17, 15) is 9.90 Å². The number of aromatic hydroxyl groups is 1. The molecule has 0 aliphatic heterocycles. The molecule has 1 aromatic rings. The third-order valence-electron chi connectivity index (χ3n) is 3.73. The molecule has 0 aromatic heterocycles. The van der Waals surface area contributed by atoms with Crippen LogP contribution in [-0.2, 0) is 11.2 Å². The number of allylic oxidation sites excluding steroid dienone is 1. The first kappa shape index (κ1) is 18.3. The molecule has 1 aromatic carbocycles. The van der Waals surface area contributed by atoms with Crippen molar-refractivity contribution in [2.45, 2.75) is 57.8 Å². The van der Waals surface area contributed by atoms with E-state index in [1.165, 1.54) is 25.7 Å². The molecule has 0 heterocycles. The summed E-state index contributed by atoms with van der Waals surface area (Å²) >= 11 is 0. The maximum Gasteiger partial charge on any atom is 0.220 e. The predicted molar refractivity (Wildman–Crippen MR) is 92.0 cm³/mol. The minimum absolute atomic E-state index is 0.144. The lowest BCUT2D eigenvalue weighted by molar-refractivity contribution is -0.121. The minimum atomic E-state index is 0.144. The Hall–Kier alpha value is -1.77. The number of rotatable bonds is 12. The second-order valence-corrected chi connectivity index (χ2v) is 5.72. The van der Waals surface area contributed by atoms with Gasteiger partial charge in [-0.1, -0.05) is 43.9 Å². The van der Waals surface area contributed by atoms with Crippen molar-refractivity contribution in [2.24, 2.45) is 0 Å². The second kappa shape index (κ2) is 11.8. The molecule has 3 heteroatoms. The van der Waals surface area contributed by atoms with Gasteiger partial charge < -0.3 is 10.4 Å². The van der Waals surface area contributed by atoms with Crippen molar-refractivity contribution in [3.05, 3.63) is 42.5 Å². The van der Waals surface area contributed by atoms with Crippen LogP contribution in [0.5, 0.6) is 5.75 Å². The molecule has 122 valence electrons. The number of benzene rings is 1. The molecule has 0 fully saturated rings. The van der Waals surface area contributed by atoms with E-state index in [1.54, 1.807) is 12.1 Å². The molecule has 0 aliphatic carbocycles. The third-order valence-corrected chi connectivity index (χ3v) is 3.73. The van der Waals surface area contributed by atoms with Crippen LogP contribution in [-0.4, -0.2) is 17.6 Å². The van der Waals surface area contributed by atoms with Crippen molar-refractivity contribution < 1.29 is 9.90 Å². The average molecular weight is 303 g/mol. The molecule has 1 amide bonds. The smallest absolute Gasteiger partial charge is 0.220 e. The Morgan fingerprint density at radius 2 is 1.68 bits per heavy atom. The van der Waals surface area contributed by atoms with E-state index in [1.807, 2.05) is 18.2 Å². The summed E-state index contributed by atoms with van der Waals surface area (Å²) in [6.07, 6.45) is 11.6. The van der Waals surface area contributed by atoms with Crippen molar-refractivity contribution in [2.75, 3.05) is 6.54 Å². The van der Waals surface area contributed by atoms with Gasteiger partial charge in [0.05, 0.1) is 0 Å². The van der Waals surface area contributed by atoms with E-state index in [0.717, 1.165) is 31.2 Å². The first-order valence-corrected chi connectivity index (χ1v) is 8.38.